The lowest BCUT2D eigenvalue weighted by Crippen LogP contribution is -2.64. The molecule has 3 aliphatic carbocycles. The van der Waals surface area contributed by atoms with Crippen molar-refractivity contribution < 1.29 is 9.59 Å². The second-order valence-corrected chi connectivity index (χ2v) is 6.91. The number of rotatable bonds is 0. The van der Waals surface area contributed by atoms with Crippen molar-refractivity contribution in [1.82, 2.24) is 0 Å². The molecule has 0 aliphatic heterocycles. The third-order valence-electron chi connectivity index (χ3n) is 5.88. The number of ketones is 2. The topological polar surface area (TPSA) is 34.1 Å². The van der Waals surface area contributed by atoms with Crippen molar-refractivity contribution in [3.05, 3.63) is 0 Å². The molecule has 2 heteroatoms. The minimum atomic E-state index is -0.317. The number of Topliss-reactive ketones (excluding diaryl/α,β-unsaturated/α-hetero) is 2. The van der Waals surface area contributed by atoms with E-state index in [0.29, 0.717) is 30.3 Å². The van der Waals surface area contributed by atoms with Crippen LogP contribution in [0.25, 0.3) is 0 Å². The molecule has 0 radical (unpaired) electrons. The summed E-state index contributed by atoms with van der Waals surface area (Å²) >= 11 is 0. The first-order valence-electron chi connectivity index (χ1n) is 6.41. The van der Waals surface area contributed by atoms with Crippen LogP contribution < -0.4 is 0 Å². The van der Waals surface area contributed by atoms with Crippen molar-refractivity contribution >= 4 is 11.6 Å². The lowest BCUT2D eigenvalue weighted by Gasteiger charge is -2.62. The second kappa shape index (κ2) is 2.60. The van der Waals surface area contributed by atoms with Gasteiger partial charge in [0.2, 0.25) is 0 Å². The Bertz CT molecular complexity index is 396. The van der Waals surface area contributed by atoms with Gasteiger partial charge in [-0.3, -0.25) is 9.59 Å². The summed E-state index contributed by atoms with van der Waals surface area (Å²) < 4.78 is 0. The first-order valence-corrected chi connectivity index (χ1v) is 6.41. The van der Waals surface area contributed by atoms with Crippen molar-refractivity contribution in [2.45, 2.75) is 52.9 Å². The SMILES string of the molecule is CC1(C)C[C@@]23C(=O)CCC(=O)[C@]2(C)CCC13. The summed E-state index contributed by atoms with van der Waals surface area (Å²) in [6.07, 6.45) is 3.93. The van der Waals surface area contributed by atoms with Crippen LogP contribution in [-0.4, -0.2) is 11.6 Å². The van der Waals surface area contributed by atoms with Gasteiger partial charge in [-0.15, -0.1) is 0 Å². The minimum absolute atomic E-state index is 0.258. The Balaban J connectivity index is 2.11. The van der Waals surface area contributed by atoms with Gasteiger partial charge in [0, 0.05) is 23.7 Å². The van der Waals surface area contributed by atoms with Gasteiger partial charge < -0.3 is 0 Å². The molecule has 0 N–H and O–H groups in total. The van der Waals surface area contributed by atoms with Gasteiger partial charge in [-0.05, 0) is 30.6 Å². The highest BCUT2D eigenvalue weighted by atomic mass is 16.1. The molecule has 16 heavy (non-hydrogen) atoms. The molecule has 0 amide bonds. The van der Waals surface area contributed by atoms with Crippen molar-refractivity contribution in [2.75, 3.05) is 0 Å². The average Bonchev–Trinajstić information content (AvgIpc) is 2.45. The highest BCUT2D eigenvalue weighted by Gasteiger charge is 2.75. The van der Waals surface area contributed by atoms with Crippen LogP contribution in [0, 0.1) is 22.2 Å². The van der Waals surface area contributed by atoms with E-state index in [1.165, 1.54) is 0 Å². The Morgan fingerprint density at radius 3 is 2.31 bits per heavy atom. The Labute approximate surface area is 96.8 Å². The van der Waals surface area contributed by atoms with Crippen molar-refractivity contribution in [2.24, 2.45) is 22.2 Å². The van der Waals surface area contributed by atoms with Gasteiger partial charge >= 0.3 is 0 Å². The van der Waals surface area contributed by atoms with Crippen LogP contribution in [0.4, 0.5) is 0 Å². The highest BCUT2D eigenvalue weighted by molar-refractivity contribution is 6.02. The van der Waals surface area contributed by atoms with E-state index in [4.69, 9.17) is 0 Å². The first-order chi connectivity index (χ1) is 7.34. The molecule has 3 saturated carbocycles. The van der Waals surface area contributed by atoms with E-state index in [1.807, 2.05) is 0 Å². The molecule has 0 bridgehead atoms. The van der Waals surface area contributed by atoms with Gasteiger partial charge in [0.1, 0.15) is 11.6 Å². The van der Waals surface area contributed by atoms with Gasteiger partial charge in [0.15, 0.2) is 0 Å². The van der Waals surface area contributed by atoms with E-state index in [2.05, 4.69) is 20.8 Å². The molecular formula is C14H20O2. The Kier molecular flexibility index (Phi) is 1.70. The first kappa shape index (κ1) is 10.5. The van der Waals surface area contributed by atoms with Gasteiger partial charge in [-0.1, -0.05) is 20.8 Å². The zero-order valence-corrected chi connectivity index (χ0v) is 10.4. The molecule has 3 atom stereocenters. The van der Waals surface area contributed by atoms with E-state index in [0.717, 1.165) is 19.3 Å². The molecule has 0 heterocycles. The van der Waals surface area contributed by atoms with Crippen LogP contribution in [0.5, 0.6) is 0 Å². The normalized spacial score (nSPS) is 49.6. The number of hydrogen-bond acceptors (Lipinski definition) is 2. The van der Waals surface area contributed by atoms with Crippen LogP contribution in [0.1, 0.15) is 52.9 Å². The third kappa shape index (κ3) is 0.834. The van der Waals surface area contributed by atoms with Crippen molar-refractivity contribution in [3.63, 3.8) is 0 Å². The van der Waals surface area contributed by atoms with Crippen LogP contribution in [0.2, 0.25) is 0 Å². The summed E-state index contributed by atoms with van der Waals surface area (Å²) in [6.45, 7) is 6.56. The largest absolute Gasteiger partial charge is 0.299 e. The predicted molar refractivity (Wildman–Crippen MR) is 60.9 cm³/mol. The molecule has 1 spiro atoms. The fourth-order valence-electron chi connectivity index (χ4n) is 5.09. The molecule has 0 aromatic rings. The van der Waals surface area contributed by atoms with Gasteiger partial charge in [0.05, 0.1) is 0 Å². The third-order valence-corrected chi connectivity index (χ3v) is 5.88. The molecule has 3 fully saturated rings. The van der Waals surface area contributed by atoms with E-state index >= 15 is 0 Å². The number of hydrogen-bond donors (Lipinski definition) is 0. The van der Waals surface area contributed by atoms with Crippen LogP contribution in [0.3, 0.4) is 0 Å². The Morgan fingerprint density at radius 2 is 1.69 bits per heavy atom. The second-order valence-electron chi connectivity index (χ2n) is 6.91. The number of carbonyl (C=O) groups excluding carboxylic acids is 2. The Morgan fingerprint density at radius 1 is 1.06 bits per heavy atom. The summed E-state index contributed by atoms with van der Waals surface area (Å²) in [6, 6.07) is 0. The van der Waals surface area contributed by atoms with E-state index in [9.17, 15) is 9.59 Å². The van der Waals surface area contributed by atoms with Crippen LogP contribution in [0.15, 0.2) is 0 Å². The standard InChI is InChI=1S/C14H20O2/c1-12(2)8-14-9(12)6-7-13(14,3)10(15)4-5-11(14)16/h9H,4-8H2,1-3H3/t9?,13-,14+/m0/s1. The molecule has 3 aliphatic rings. The molecular weight excluding hydrogens is 200 g/mol. The molecule has 88 valence electrons. The lowest BCUT2D eigenvalue weighted by atomic mass is 9.39. The van der Waals surface area contributed by atoms with Gasteiger partial charge in [0.25, 0.3) is 0 Å². The number of carbonyl (C=O) groups is 2. The van der Waals surface area contributed by atoms with E-state index in [1.54, 1.807) is 0 Å². The van der Waals surface area contributed by atoms with Gasteiger partial charge in [-0.25, -0.2) is 0 Å². The fourth-order valence-corrected chi connectivity index (χ4v) is 5.09. The summed E-state index contributed by atoms with van der Waals surface area (Å²) in [5.74, 6) is 1.20. The average molecular weight is 220 g/mol. The van der Waals surface area contributed by atoms with Crippen molar-refractivity contribution in [1.29, 1.82) is 0 Å². The zero-order valence-electron chi connectivity index (χ0n) is 10.4. The Hall–Kier alpha value is -0.660. The molecule has 0 aromatic heterocycles. The molecule has 0 saturated heterocycles. The predicted octanol–water partition coefficient (Wildman–Crippen LogP) is 2.75. The monoisotopic (exact) mass is 220 g/mol. The quantitative estimate of drug-likeness (QED) is 0.629. The lowest BCUT2D eigenvalue weighted by molar-refractivity contribution is -0.183. The molecule has 3 rings (SSSR count). The summed E-state index contributed by atoms with van der Waals surface area (Å²) in [5, 5.41) is 0. The minimum Gasteiger partial charge on any atom is -0.299 e. The van der Waals surface area contributed by atoms with Gasteiger partial charge in [-0.2, -0.15) is 0 Å². The maximum atomic E-state index is 12.3. The van der Waals surface area contributed by atoms with E-state index < -0.39 is 0 Å². The molecule has 2 nitrogen and oxygen atoms in total. The highest BCUT2D eigenvalue weighted by Crippen LogP contribution is 2.75. The summed E-state index contributed by atoms with van der Waals surface area (Å²) in [7, 11) is 0. The molecule has 0 aromatic carbocycles. The zero-order chi connectivity index (χ0) is 11.8. The maximum absolute atomic E-state index is 12.3. The smallest absolute Gasteiger partial charge is 0.140 e. The van der Waals surface area contributed by atoms with Crippen molar-refractivity contribution in [3.8, 4) is 0 Å². The summed E-state index contributed by atoms with van der Waals surface area (Å²) in [4.78, 5) is 24.5. The molecule has 1 unspecified atom stereocenters. The van der Waals surface area contributed by atoms with Crippen LogP contribution in [-0.2, 0) is 9.59 Å². The van der Waals surface area contributed by atoms with E-state index in [-0.39, 0.29) is 16.2 Å². The fraction of sp³-hybridized carbons (Fsp3) is 0.857. The summed E-state index contributed by atoms with van der Waals surface area (Å²) in [5.41, 5.74) is -0.306. The maximum Gasteiger partial charge on any atom is 0.140 e. The van der Waals surface area contributed by atoms with Crippen LogP contribution >= 0.6 is 0 Å².